The second-order valence-electron chi connectivity index (χ2n) is 11.0. The largest absolute Gasteiger partial charge is 0.355 e. The summed E-state index contributed by atoms with van der Waals surface area (Å²) in [7, 11) is 2.01. The van der Waals surface area contributed by atoms with Gasteiger partial charge in [-0.2, -0.15) is 5.10 Å². The number of likely N-dealkylation sites (tertiary alicyclic amines) is 1. The van der Waals surface area contributed by atoms with E-state index in [1.54, 1.807) is 0 Å². The first-order chi connectivity index (χ1) is 16.3. The van der Waals surface area contributed by atoms with Crippen molar-refractivity contribution in [3.63, 3.8) is 0 Å². The van der Waals surface area contributed by atoms with Crippen molar-refractivity contribution in [3.05, 3.63) is 23.5 Å². The standard InChI is InChI=1S/C25H40N8O/c1-16(2)11-19-12-22(30(4)28-19)25(34)32-9-6-5-7-21(32)20-13-23-27-24(17(3)14-33(23)29-20)31-10-8-18(26)15-31/h13-14,16,18-19,21-22,28H,5-12,15,26H2,1-4H3/t18-,19?,21-,22?/m0/s1. The van der Waals surface area contributed by atoms with Crippen molar-refractivity contribution in [2.45, 2.75) is 83.5 Å². The SMILES string of the molecule is Cc1cn2nc([C@@H]3CCCCN3C(=O)C3CC(CC(C)C)NN3C)cc2nc1N1CC[C@H](N)C1. The van der Waals surface area contributed by atoms with Gasteiger partial charge >= 0.3 is 0 Å². The number of nitrogens with one attached hydrogen (secondary N) is 1. The van der Waals surface area contributed by atoms with Gasteiger partial charge in [0.1, 0.15) is 11.9 Å². The Balaban J connectivity index is 1.38. The van der Waals surface area contributed by atoms with Gasteiger partial charge in [-0.15, -0.1) is 0 Å². The molecule has 0 aromatic carbocycles. The quantitative estimate of drug-likeness (QED) is 0.695. The Hall–Kier alpha value is -2.23. The molecular formula is C25H40N8O. The second kappa shape index (κ2) is 9.43. The van der Waals surface area contributed by atoms with E-state index in [0.717, 1.165) is 80.9 Å². The maximum Gasteiger partial charge on any atom is 0.241 e. The summed E-state index contributed by atoms with van der Waals surface area (Å²) < 4.78 is 1.88. The lowest BCUT2D eigenvalue weighted by Gasteiger charge is -2.37. The maximum absolute atomic E-state index is 13.7. The molecule has 4 atom stereocenters. The molecule has 34 heavy (non-hydrogen) atoms. The van der Waals surface area contributed by atoms with Crippen molar-refractivity contribution in [1.82, 2.24) is 29.9 Å². The van der Waals surface area contributed by atoms with Crippen molar-refractivity contribution in [2.24, 2.45) is 11.7 Å². The predicted molar refractivity (Wildman–Crippen MR) is 133 cm³/mol. The maximum atomic E-state index is 13.7. The first-order valence-corrected chi connectivity index (χ1v) is 13.0. The number of carbonyl (C=O) groups is 1. The van der Waals surface area contributed by atoms with E-state index in [1.165, 1.54) is 0 Å². The van der Waals surface area contributed by atoms with E-state index < -0.39 is 0 Å². The van der Waals surface area contributed by atoms with Crippen LogP contribution in [0.4, 0.5) is 5.82 Å². The van der Waals surface area contributed by atoms with Crippen molar-refractivity contribution in [2.75, 3.05) is 31.6 Å². The van der Waals surface area contributed by atoms with Crippen LogP contribution in [0.2, 0.25) is 0 Å². The van der Waals surface area contributed by atoms with Crippen molar-refractivity contribution >= 4 is 17.4 Å². The van der Waals surface area contributed by atoms with E-state index in [2.05, 4.69) is 48.3 Å². The molecule has 0 bridgehead atoms. The number of hydrogen-bond acceptors (Lipinski definition) is 7. The number of hydrazine groups is 1. The highest BCUT2D eigenvalue weighted by atomic mass is 16.2. The van der Waals surface area contributed by atoms with Gasteiger partial charge in [-0.25, -0.2) is 14.5 Å². The van der Waals surface area contributed by atoms with Crippen molar-refractivity contribution in [1.29, 1.82) is 0 Å². The minimum Gasteiger partial charge on any atom is -0.355 e. The molecule has 5 rings (SSSR count). The van der Waals surface area contributed by atoms with Crippen LogP contribution >= 0.6 is 0 Å². The van der Waals surface area contributed by atoms with Crippen LogP contribution in [0.15, 0.2) is 12.3 Å². The second-order valence-corrected chi connectivity index (χ2v) is 11.0. The highest BCUT2D eigenvalue weighted by Gasteiger charge is 2.40. The molecule has 0 saturated carbocycles. The number of amides is 1. The number of nitrogens with zero attached hydrogens (tertiary/aromatic N) is 6. The number of likely N-dealkylation sites (N-methyl/N-ethyl adjacent to an activating group) is 1. The lowest BCUT2D eigenvalue weighted by molar-refractivity contribution is -0.140. The fourth-order valence-electron chi connectivity index (χ4n) is 6.02. The molecule has 9 nitrogen and oxygen atoms in total. The van der Waals surface area contributed by atoms with E-state index >= 15 is 0 Å². The number of rotatable bonds is 5. The number of piperidine rings is 1. The summed E-state index contributed by atoms with van der Waals surface area (Å²) in [6.07, 6.45) is 8.11. The van der Waals surface area contributed by atoms with Gasteiger partial charge in [-0.3, -0.25) is 10.2 Å². The number of hydrogen-bond donors (Lipinski definition) is 2. The smallest absolute Gasteiger partial charge is 0.241 e. The fraction of sp³-hybridized carbons (Fsp3) is 0.720. The third-order valence-corrected chi connectivity index (χ3v) is 7.68. The molecule has 1 amide bonds. The number of nitrogens with two attached hydrogens (primary N) is 1. The lowest BCUT2D eigenvalue weighted by Crippen LogP contribution is -2.49. The van der Waals surface area contributed by atoms with Gasteiger partial charge in [0.25, 0.3) is 0 Å². The Morgan fingerprint density at radius 3 is 2.82 bits per heavy atom. The van der Waals surface area contributed by atoms with E-state index in [4.69, 9.17) is 15.8 Å². The van der Waals surface area contributed by atoms with Gasteiger partial charge in [0.05, 0.1) is 11.7 Å². The molecule has 2 aromatic rings. The average molecular weight is 469 g/mol. The molecule has 3 saturated heterocycles. The summed E-state index contributed by atoms with van der Waals surface area (Å²) in [5, 5.41) is 6.93. The Labute approximate surface area is 202 Å². The van der Waals surface area contributed by atoms with Crippen LogP contribution in [0.5, 0.6) is 0 Å². The number of anilines is 1. The summed E-state index contributed by atoms with van der Waals surface area (Å²) in [6, 6.07) is 2.54. The molecule has 3 aliphatic heterocycles. The highest BCUT2D eigenvalue weighted by molar-refractivity contribution is 5.82. The van der Waals surface area contributed by atoms with E-state index in [9.17, 15) is 4.79 Å². The predicted octanol–water partition coefficient (Wildman–Crippen LogP) is 2.25. The molecule has 9 heteroatoms. The van der Waals surface area contributed by atoms with Gasteiger partial charge in [0.2, 0.25) is 5.91 Å². The Kier molecular flexibility index (Phi) is 6.52. The summed E-state index contributed by atoms with van der Waals surface area (Å²) in [5.74, 6) is 1.83. The topological polar surface area (TPSA) is 95.0 Å². The molecule has 3 aliphatic rings. The summed E-state index contributed by atoms with van der Waals surface area (Å²) >= 11 is 0. The van der Waals surface area contributed by atoms with Crippen LogP contribution < -0.4 is 16.1 Å². The van der Waals surface area contributed by atoms with Crippen LogP contribution in [0.3, 0.4) is 0 Å². The average Bonchev–Trinajstić information content (AvgIpc) is 3.50. The van der Waals surface area contributed by atoms with E-state index in [-0.39, 0.29) is 24.0 Å². The third-order valence-electron chi connectivity index (χ3n) is 7.68. The minimum atomic E-state index is -0.118. The van der Waals surface area contributed by atoms with Crippen LogP contribution in [0.25, 0.3) is 5.65 Å². The zero-order valence-corrected chi connectivity index (χ0v) is 21.1. The molecule has 2 aromatic heterocycles. The molecule has 5 heterocycles. The summed E-state index contributed by atoms with van der Waals surface area (Å²) in [5.41, 5.74) is 12.5. The van der Waals surface area contributed by atoms with Crippen LogP contribution in [0, 0.1) is 12.8 Å². The summed E-state index contributed by atoms with van der Waals surface area (Å²) in [4.78, 5) is 23.0. The number of fused-ring (bicyclic) bond motifs is 1. The first-order valence-electron chi connectivity index (χ1n) is 13.0. The molecule has 2 unspecified atom stereocenters. The van der Waals surface area contributed by atoms with Gasteiger partial charge in [-0.05, 0) is 51.4 Å². The molecule has 0 spiro atoms. The van der Waals surface area contributed by atoms with Gasteiger partial charge in [-0.1, -0.05) is 13.8 Å². The van der Waals surface area contributed by atoms with Gasteiger partial charge in [0, 0.05) is 56.6 Å². The van der Waals surface area contributed by atoms with Crippen LogP contribution in [0.1, 0.15) is 69.7 Å². The van der Waals surface area contributed by atoms with Crippen LogP contribution in [-0.4, -0.2) is 75.2 Å². The molecular weight excluding hydrogens is 428 g/mol. The zero-order chi connectivity index (χ0) is 24.0. The molecule has 3 fully saturated rings. The number of aromatic nitrogens is 3. The molecule has 0 aliphatic carbocycles. The van der Waals surface area contributed by atoms with Crippen molar-refractivity contribution < 1.29 is 4.79 Å². The normalized spacial score (nSPS) is 28.5. The Morgan fingerprint density at radius 1 is 1.26 bits per heavy atom. The minimum absolute atomic E-state index is 0.00413. The van der Waals surface area contributed by atoms with Gasteiger partial charge < -0.3 is 15.5 Å². The molecule has 186 valence electrons. The highest BCUT2D eigenvalue weighted by Crippen LogP contribution is 2.33. The van der Waals surface area contributed by atoms with Crippen LogP contribution in [-0.2, 0) is 4.79 Å². The molecule has 3 N–H and O–H groups in total. The Bertz CT molecular complexity index is 1040. The zero-order valence-electron chi connectivity index (χ0n) is 21.1. The Morgan fingerprint density at radius 2 is 2.09 bits per heavy atom. The van der Waals surface area contributed by atoms with Gasteiger partial charge in [0.15, 0.2) is 5.65 Å². The fourth-order valence-corrected chi connectivity index (χ4v) is 6.02. The molecule has 0 radical (unpaired) electrons. The number of carbonyl (C=O) groups excluding carboxylic acids is 1. The van der Waals surface area contributed by atoms with E-state index in [1.807, 2.05) is 16.6 Å². The monoisotopic (exact) mass is 468 g/mol. The first kappa shape index (κ1) is 23.5. The third kappa shape index (κ3) is 4.53. The lowest BCUT2D eigenvalue weighted by atomic mass is 9.96. The number of aryl methyl sites for hydroxylation is 1. The summed E-state index contributed by atoms with van der Waals surface area (Å²) in [6.45, 7) is 9.13. The van der Waals surface area contributed by atoms with Crippen molar-refractivity contribution in [3.8, 4) is 0 Å². The van der Waals surface area contributed by atoms with E-state index in [0.29, 0.717) is 12.0 Å².